The highest BCUT2D eigenvalue weighted by Crippen LogP contribution is 2.33. The van der Waals surface area contributed by atoms with Crippen LogP contribution in [0.4, 0.5) is 25.8 Å². The number of hydrogen-bond acceptors (Lipinski definition) is 4. The molecule has 0 fully saturated rings. The Balaban J connectivity index is 2.08. The van der Waals surface area contributed by atoms with Gasteiger partial charge in [0.05, 0.1) is 21.4 Å². The van der Waals surface area contributed by atoms with Gasteiger partial charge >= 0.3 is 12.2 Å². The zero-order chi connectivity index (χ0) is 19.0. The third-order valence-electron chi connectivity index (χ3n) is 3.63. The molecule has 0 unspecified atom stereocenters. The van der Waals surface area contributed by atoms with E-state index in [2.05, 4.69) is 10.4 Å². The number of nitrogens with two attached hydrogens (primary N) is 1. The van der Waals surface area contributed by atoms with Crippen LogP contribution in [0.25, 0.3) is 5.69 Å². The summed E-state index contributed by atoms with van der Waals surface area (Å²) in [7, 11) is 0. The molecule has 3 aromatic rings. The molecule has 3 rings (SSSR count). The largest absolute Gasteiger partial charge is 0.399 e. The van der Waals surface area contributed by atoms with Crippen LogP contribution in [0.2, 0.25) is 10.0 Å². The van der Waals surface area contributed by atoms with Crippen molar-refractivity contribution >= 4 is 40.3 Å². The molecule has 0 radical (unpaired) electrons. The number of nitrogens with one attached hydrogen (secondary N) is 1. The molecule has 0 saturated carbocycles. The highest BCUT2D eigenvalue weighted by Gasteiger charge is 2.20. The second-order valence-corrected chi connectivity index (χ2v) is 6.23. The van der Waals surface area contributed by atoms with E-state index in [0.717, 1.165) is 4.68 Å². The van der Waals surface area contributed by atoms with Crippen molar-refractivity contribution in [2.75, 3.05) is 11.1 Å². The first kappa shape index (κ1) is 18.2. The number of aryl methyl sites for hydroxylation is 1. The molecular weight excluding hydrogens is 387 g/mol. The molecular formula is C16H13Cl2F2N5O. The molecule has 1 aromatic heterocycles. The Morgan fingerprint density at radius 1 is 1.15 bits per heavy atom. The van der Waals surface area contributed by atoms with Crippen LogP contribution in [0.15, 0.2) is 41.2 Å². The average Bonchev–Trinajstić information content (AvgIpc) is 2.86. The topological polar surface area (TPSA) is 77.9 Å². The van der Waals surface area contributed by atoms with E-state index in [0.29, 0.717) is 17.1 Å². The van der Waals surface area contributed by atoms with Crippen molar-refractivity contribution in [2.45, 2.75) is 13.5 Å². The Kier molecular flexibility index (Phi) is 4.88. The Bertz CT molecular complexity index is 1010. The molecule has 0 atom stereocenters. The maximum atomic E-state index is 13.0. The van der Waals surface area contributed by atoms with Crippen LogP contribution < -0.4 is 16.7 Å². The fraction of sp³-hybridized carbons (Fsp3) is 0.125. The number of aromatic nitrogens is 3. The molecule has 26 heavy (non-hydrogen) atoms. The predicted molar refractivity (Wildman–Crippen MR) is 98.0 cm³/mol. The molecule has 2 aromatic carbocycles. The van der Waals surface area contributed by atoms with Gasteiger partial charge < -0.3 is 11.1 Å². The number of alkyl halides is 2. The molecule has 0 aliphatic rings. The van der Waals surface area contributed by atoms with E-state index >= 15 is 0 Å². The van der Waals surface area contributed by atoms with Gasteiger partial charge in [-0.2, -0.15) is 13.5 Å². The monoisotopic (exact) mass is 399 g/mol. The lowest BCUT2D eigenvalue weighted by Crippen LogP contribution is -2.25. The third kappa shape index (κ3) is 3.38. The van der Waals surface area contributed by atoms with Gasteiger partial charge in [0.2, 0.25) is 0 Å². The van der Waals surface area contributed by atoms with Gasteiger partial charge in [-0.1, -0.05) is 23.2 Å². The van der Waals surface area contributed by atoms with Gasteiger partial charge in [-0.05, 0) is 43.3 Å². The van der Waals surface area contributed by atoms with E-state index < -0.39 is 12.2 Å². The van der Waals surface area contributed by atoms with E-state index in [-0.39, 0.29) is 26.1 Å². The lowest BCUT2D eigenvalue weighted by molar-refractivity contribution is 0.0640. The first-order valence-corrected chi connectivity index (χ1v) is 8.12. The Labute approximate surface area is 156 Å². The highest BCUT2D eigenvalue weighted by molar-refractivity contribution is 6.37. The molecule has 0 bridgehead atoms. The minimum Gasteiger partial charge on any atom is -0.399 e. The van der Waals surface area contributed by atoms with Gasteiger partial charge in [0.25, 0.3) is 0 Å². The Morgan fingerprint density at radius 2 is 1.81 bits per heavy atom. The van der Waals surface area contributed by atoms with Gasteiger partial charge in [0.15, 0.2) is 0 Å². The van der Waals surface area contributed by atoms with E-state index in [1.165, 1.54) is 19.1 Å². The van der Waals surface area contributed by atoms with Crippen LogP contribution in [0.1, 0.15) is 12.4 Å². The summed E-state index contributed by atoms with van der Waals surface area (Å²) in [4.78, 5) is 12.2. The van der Waals surface area contributed by atoms with Gasteiger partial charge in [0, 0.05) is 11.4 Å². The molecule has 0 saturated heterocycles. The maximum absolute atomic E-state index is 13.0. The fourth-order valence-electron chi connectivity index (χ4n) is 2.38. The van der Waals surface area contributed by atoms with Crippen molar-refractivity contribution in [1.29, 1.82) is 0 Å². The first-order valence-electron chi connectivity index (χ1n) is 7.36. The zero-order valence-corrected chi connectivity index (χ0v) is 14.9. The Hall–Kier alpha value is -2.58. The molecule has 0 aliphatic heterocycles. The standard InChI is InChI=1S/C16H13Cl2F2N5O/c1-8-23-25(16(26)24(8)15(19)20)14-7-13(11(17)6-12(14)18)22-10-4-2-9(21)3-5-10/h2-7,15,22H,21H2,1H3. The third-order valence-corrected chi connectivity index (χ3v) is 4.25. The summed E-state index contributed by atoms with van der Waals surface area (Å²) in [6, 6.07) is 9.74. The minimum absolute atomic E-state index is 0.0962. The van der Waals surface area contributed by atoms with Gasteiger partial charge in [0.1, 0.15) is 5.82 Å². The van der Waals surface area contributed by atoms with Gasteiger partial charge in [-0.25, -0.2) is 9.36 Å². The summed E-state index contributed by atoms with van der Waals surface area (Å²) >= 11 is 12.3. The number of hydrogen-bond donors (Lipinski definition) is 2. The molecule has 0 spiro atoms. The maximum Gasteiger partial charge on any atom is 0.355 e. The quantitative estimate of drug-likeness (QED) is 0.638. The molecule has 136 valence electrons. The van der Waals surface area contributed by atoms with Gasteiger partial charge in [-0.3, -0.25) is 0 Å². The summed E-state index contributed by atoms with van der Waals surface area (Å²) in [6.07, 6.45) is 0. The number of nitrogen functional groups attached to an aromatic ring is 1. The van der Waals surface area contributed by atoms with Crippen LogP contribution in [0.3, 0.4) is 0 Å². The number of benzene rings is 2. The highest BCUT2D eigenvalue weighted by atomic mass is 35.5. The zero-order valence-electron chi connectivity index (χ0n) is 13.4. The number of halogens is 4. The predicted octanol–water partition coefficient (Wildman–Crippen LogP) is 4.37. The van der Waals surface area contributed by atoms with Crippen molar-refractivity contribution in [1.82, 2.24) is 14.3 Å². The first-order chi connectivity index (χ1) is 12.3. The second-order valence-electron chi connectivity index (χ2n) is 5.42. The van der Waals surface area contributed by atoms with E-state index in [1.54, 1.807) is 24.3 Å². The Morgan fingerprint density at radius 3 is 2.38 bits per heavy atom. The van der Waals surface area contributed by atoms with E-state index in [1.807, 2.05) is 0 Å². The number of anilines is 3. The van der Waals surface area contributed by atoms with E-state index in [9.17, 15) is 13.6 Å². The van der Waals surface area contributed by atoms with Crippen molar-refractivity contribution in [3.8, 4) is 5.69 Å². The summed E-state index contributed by atoms with van der Waals surface area (Å²) in [6.45, 7) is -1.70. The van der Waals surface area contributed by atoms with Crippen LogP contribution in [-0.2, 0) is 0 Å². The molecule has 6 nitrogen and oxygen atoms in total. The van der Waals surface area contributed by atoms with Crippen molar-refractivity contribution < 1.29 is 8.78 Å². The fourth-order valence-corrected chi connectivity index (χ4v) is 2.89. The summed E-state index contributed by atoms with van der Waals surface area (Å²) in [5, 5.41) is 7.31. The van der Waals surface area contributed by atoms with Crippen molar-refractivity contribution in [2.24, 2.45) is 0 Å². The van der Waals surface area contributed by atoms with Crippen molar-refractivity contribution in [3.05, 3.63) is 62.8 Å². The lowest BCUT2D eigenvalue weighted by Gasteiger charge is -2.12. The number of rotatable bonds is 4. The molecule has 0 aliphatic carbocycles. The summed E-state index contributed by atoms with van der Waals surface area (Å²) < 4.78 is 27.1. The summed E-state index contributed by atoms with van der Waals surface area (Å²) in [5.74, 6) is -0.135. The van der Waals surface area contributed by atoms with E-state index in [4.69, 9.17) is 28.9 Å². The second kappa shape index (κ2) is 6.97. The lowest BCUT2D eigenvalue weighted by atomic mass is 10.2. The number of nitrogens with zero attached hydrogens (tertiary/aromatic N) is 3. The van der Waals surface area contributed by atoms with Crippen molar-refractivity contribution in [3.63, 3.8) is 0 Å². The smallest absolute Gasteiger partial charge is 0.355 e. The average molecular weight is 400 g/mol. The molecule has 10 heteroatoms. The van der Waals surface area contributed by atoms with Crippen LogP contribution in [0.5, 0.6) is 0 Å². The summed E-state index contributed by atoms with van der Waals surface area (Å²) in [5.41, 5.74) is 6.48. The van der Waals surface area contributed by atoms with Crippen LogP contribution in [-0.4, -0.2) is 14.3 Å². The van der Waals surface area contributed by atoms with Gasteiger partial charge in [-0.15, -0.1) is 5.10 Å². The van der Waals surface area contributed by atoms with Crippen LogP contribution in [0, 0.1) is 6.92 Å². The SMILES string of the molecule is Cc1nn(-c2cc(Nc3ccc(N)cc3)c(Cl)cc2Cl)c(=O)n1C(F)F. The normalized spacial score (nSPS) is 11.2. The minimum atomic E-state index is -3.00. The van der Waals surface area contributed by atoms with Crippen LogP contribution >= 0.6 is 23.2 Å². The molecule has 0 amide bonds. The molecule has 1 heterocycles. The molecule has 3 N–H and O–H groups in total.